The van der Waals surface area contributed by atoms with Crippen LogP contribution in [0.15, 0.2) is 29.2 Å². The lowest BCUT2D eigenvalue weighted by Crippen LogP contribution is -2.47. The van der Waals surface area contributed by atoms with E-state index in [9.17, 15) is 14.4 Å². The number of hydrogen-bond donors (Lipinski definition) is 1. The van der Waals surface area contributed by atoms with Crippen LogP contribution in [0.1, 0.15) is 19.8 Å². The van der Waals surface area contributed by atoms with E-state index in [-0.39, 0.29) is 17.4 Å². The molecule has 2 aliphatic heterocycles. The quantitative estimate of drug-likeness (QED) is 0.624. The van der Waals surface area contributed by atoms with Gasteiger partial charge in [0.05, 0.1) is 10.6 Å². The number of para-hydroxylation sites is 1. The summed E-state index contributed by atoms with van der Waals surface area (Å²) in [4.78, 5) is 38.7. The highest BCUT2D eigenvalue weighted by molar-refractivity contribution is 8.01. The van der Waals surface area contributed by atoms with Crippen molar-refractivity contribution in [3.8, 4) is 0 Å². The van der Waals surface area contributed by atoms with E-state index >= 15 is 0 Å². The number of benzene rings is 1. The number of nitrogens with one attached hydrogen (secondary N) is 1. The predicted molar refractivity (Wildman–Crippen MR) is 98.5 cm³/mol. The first-order valence-corrected chi connectivity index (χ1v) is 10.2. The molecule has 0 aliphatic carbocycles. The Morgan fingerprint density at radius 3 is 2.96 bits per heavy atom. The Balaban J connectivity index is 1.56. The molecule has 0 spiro atoms. The lowest BCUT2D eigenvalue weighted by molar-refractivity contribution is -0.155. The molecule has 3 rings (SSSR count). The van der Waals surface area contributed by atoms with Crippen LogP contribution < -0.4 is 5.32 Å². The van der Waals surface area contributed by atoms with Crippen LogP contribution in [0.4, 0.5) is 5.69 Å². The molecule has 2 aliphatic rings. The highest BCUT2D eigenvalue weighted by Crippen LogP contribution is 2.47. The van der Waals surface area contributed by atoms with Gasteiger partial charge in [-0.1, -0.05) is 12.1 Å². The van der Waals surface area contributed by atoms with Crippen molar-refractivity contribution < 1.29 is 19.1 Å². The summed E-state index contributed by atoms with van der Waals surface area (Å²) in [6.07, 6.45) is 3.12. The number of carbonyl (C=O) groups excluding carboxylic acids is 3. The molecule has 0 saturated carbocycles. The third-order valence-corrected chi connectivity index (χ3v) is 6.74. The van der Waals surface area contributed by atoms with Crippen LogP contribution in [0.2, 0.25) is 0 Å². The molecule has 2 heterocycles. The minimum Gasteiger partial charge on any atom is -0.454 e. The zero-order valence-corrected chi connectivity index (χ0v) is 15.7. The Labute approximate surface area is 155 Å². The van der Waals surface area contributed by atoms with Gasteiger partial charge in [0.2, 0.25) is 5.91 Å². The van der Waals surface area contributed by atoms with Crippen molar-refractivity contribution in [2.45, 2.75) is 35.6 Å². The number of rotatable bonds is 5. The van der Waals surface area contributed by atoms with Crippen molar-refractivity contribution in [3.63, 3.8) is 0 Å². The largest absolute Gasteiger partial charge is 0.454 e. The monoisotopic (exact) mass is 380 g/mol. The number of thioether (sulfide) groups is 2. The van der Waals surface area contributed by atoms with E-state index < -0.39 is 17.9 Å². The molecule has 2 fully saturated rings. The summed E-state index contributed by atoms with van der Waals surface area (Å²) >= 11 is 3.12. The minimum atomic E-state index is -0.601. The van der Waals surface area contributed by atoms with Gasteiger partial charge in [0.1, 0.15) is 6.04 Å². The topological polar surface area (TPSA) is 75.7 Å². The molecule has 0 radical (unpaired) electrons. The number of fused-ring (bicyclic) bond motifs is 1. The molecule has 2 atom stereocenters. The predicted octanol–water partition coefficient (Wildman–Crippen LogP) is 2.34. The lowest BCUT2D eigenvalue weighted by atomic mass is 10.2. The normalized spacial score (nSPS) is 25.0. The Morgan fingerprint density at radius 1 is 1.44 bits per heavy atom. The first-order chi connectivity index (χ1) is 11.9. The third kappa shape index (κ3) is 3.64. The minimum absolute atomic E-state index is 0.0206. The Morgan fingerprint density at radius 2 is 2.20 bits per heavy atom. The summed E-state index contributed by atoms with van der Waals surface area (Å²) in [6.45, 7) is 1.61. The molecular formula is C17H20N2O4S2. The molecule has 0 aromatic heterocycles. The van der Waals surface area contributed by atoms with Crippen molar-refractivity contribution in [3.05, 3.63) is 24.3 Å². The molecule has 2 saturated heterocycles. The molecule has 1 N–H and O–H groups in total. The zero-order chi connectivity index (χ0) is 18.0. The summed E-state index contributed by atoms with van der Waals surface area (Å²) in [5.41, 5.74) is 0.690. The van der Waals surface area contributed by atoms with Gasteiger partial charge >= 0.3 is 5.97 Å². The number of esters is 1. The van der Waals surface area contributed by atoms with Crippen molar-refractivity contribution in [1.82, 2.24) is 4.90 Å². The van der Waals surface area contributed by atoms with Gasteiger partial charge in [0.15, 0.2) is 6.61 Å². The van der Waals surface area contributed by atoms with Gasteiger partial charge in [-0.25, -0.2) is 4.79 Å². The van der Waals surface area contributed by atoms with Crippen LogP contribution in [0.25, 0.3) is 0 Å². The maximum absolute atomic E-state index is 12.3. The Hall–Kier alpha value is -1.67. The maximum Gasteiger partial charge on any atom is 0.330 e. The SMILES string of the molecule is CSc1ccccc1NC(=O)COC(=O)[C@@H]1CS[C@@]2(C)CCC(=O)N12. The second-order valence-corrected chi connectivity index (χ2v) is 8.47. The van der Waals surface area contributed by atoms with Gasteiger partial charge in [0, 0.05) is 17.1 Å². The number of anilines is 1. The van der Waals surface area contributed by atoms with Crippen LogP contribution in [0, 0.1) is 0 Å². The van der Waals surface area contributed by atoms with E-state index in [1.807, 2.05) is 31.4 Å². The van der Waals surface area contributed by atoms with Gasteiger partial charge in [0.25, 0.3) is 5.91 Å². The molecule has 134 valence electrons. The zero-order valence-electron chi connectivity index (χ0n) is 14.1. The summed E-state index contributed by atoms with van der Waals surface area (Å²) in [7, 11) is 0. The maximum atomic E-state index is 12.3. The average Bonchev–Trinajstić information content (AvgIpc) is 3.09. The van der Waals surface area contributed by atoms with Crippen molar-refractivity contribution >= 4 is 47.0 Å². The molecular weight excluding hydrogens is 360 g/mol. The molecule has 2 amide bonds. The van der Waals surface area contributed by atoms with Gasteiger partial charge in [-0.3, -0.25) is 9.59 Å². The first kappa shape index (κ1) is 18.1. The second kappa shape index (κ2) is 7.29. The molecule has 8 heteroatoms. The molecule has 25 heavy (non-hydrogen) atoms. The lowest BCUT2D eigenvalue weighted by Gasteiger charge is -2.29. The fraction of sp³-hybridized carbons (Fsp3) is 0.471. The van der Waals surface area contributed by atoms with Crippen molar-refractivity contribution in [2.75, 3.05) is 23.9 Å². The van der Waals surface area contributed by atoms with Gasteiger partial charge in [-0.15, -0.1) is 23.5 Å². The summed E-state index contributed by atoms with van der Waals surface area (Å²) < 4.78 is 5.17. The molecule has 0 bridgehead atoms. The molecule has 0 unspecified atom stereocenters. The Kier molecular flexibility index (Phi) is 5.29. The van der Waals surface area contributed by atoms with E-state index in [4.69, 9.17) is 4.74 Å². The number of hydrogen-bond acceptors (Lipinski definition) is 6. The third-order valence-electron chi connectivity index (χ3n) is 4.44. The highest BCUT2D eigenvalue weighted by atomic mass is 32.2. The first-order valence-electron chi connectivity index (χ1n) is 8.00. The van der Waals surface area contributed by atoms with E-state index in [2.05, 4.69) is 5.32 Å². The van der Waals surface area contributed by atoms with E-state index in [0.29, 0.717) is 17.9 Å². The molecule has 6 nitrogen and oxygen atoms in total. The van der Waals surface area contributed by atoms with Crippen LogP contribution in [-0.2, 0) is 19.1 Å². The van der Waals surface area contributed by atoms with Gasteiger partial charge < -0.3 is 15.0 Å². The second-order valence-electron chi connectivity index (χ2n) is 6.12. The number of amides is 2. The van der Waals surface area contributed by atoms with Crippen LogP contribution >= 0.6 is 23.5 Å². The molecule has 1 aromatic carbocycles. The fourth-order valence-electron chi connectivity index (χ4n) is 3.16. The fourth-order valence-corrected chi connectivity index (χ4v) is 5.13. The van der Waals surface area contributed by atoms with Gasteiger partial charge in [-0.05, 0) is 31.7 Å². The van der Waals surface area contributed by atoms with Crippen molar-refractivity contribution in [1.29, 1.82) is 0 Å². The smallest absolute Gasteiger partial charge is 0.330 e. The summed E-state index contributed by atoms with van der Waals surface area (Å²) in [6, 6.07) is 6.83. The number of carbonyl (C=O) groups is 3. The summed E-state index contributed by atoms with van der Waals surface area (Å²) in [5.74, 6) is -0.415. The van der Waals surface area contributed by atoms with Crippen LogP contribution in [-0.4, -0.2) is 52.2 Å². The van der Waals surface area contributed by atoms with E-state index in [1.165, 1.54) is 11.8 Å². The van der Waals surface area contributed by atoms with Gasteiger partial charge in [-0.2, -0.15) is 0 Å². The Bertz CT molecular complexity index is 712. The number of nitrogens with zero attached hydrogens (tertiary/aromatic N) is 1. The van der Waals surface area contributed by atoms with E-state index in [1.54, 1.807) is 22.7 Å². The summed E-state index contributed by atoms with van der Waals surface area (Å²) in [5, 5.41) is 2.75. The van der Waals surface area contributed by atoms with E-state index in [0.717, 1.165) is 11.3 Å². The number of ether oxygens (including phenoxy) is 1. The molecule has 1 aromatic rings. The standard InChI is InChI=1S/C17H20N2O4S2/c1-17-8-7-15(21)19(17)12(10-25-17)16(22)23-9-14(20)18-11-5-3-4-6-13(11)24-2/h3-6,12H,7-10H2,1-2H3,(H,18,20)/t12-,17-/m0/s1. The average molecular weight is 380 g/mol. The van der Waals surface area contributed by atoms with Crippen molar-refractivity contribution in [2.24, 2.45) is 0 Å². The highest BCUT2D eigenvalue weighted by Gasteiger charge is 2.53. The van der Waals surface area contributed by atoms with Crippen LogP contribution in [0.5, 0.6) is 0 Å². The van der Waals surface area contributed by atoms with Crippen LogP contribution in [0.3, 0.4) is 0 Å².